The van der Waals surface area contributed by atoms with Crippen LogP contribution < -0.4 is 9.47 Å². The van der Waals surface area contributed by atoms with Gasteiger partial charge >= 0.3 is 0 Å². The van der Waals surface area contributed by atoms with Crippen LogP contribution in [-0.2, 0) is 5.41 Å². The molecule has 2 aromatic heterocycles. The third kappa shape index (κ3) is 9.51. The molecule has 0 saturated heterocycles. The third-order valence-electron chi connectivity index (χ3n) is 12.4. The first kappa shape index (κ1) is 44.2. The van der Waals surface area contributed by atoms with Crippen LogP contribution in [0.25, 0.3) is 68.3 Å². The van der Waals surface area contributed by atoms with Crippen molar-refractivity contribution in [3.8, 4) is 91.3 Å². The van der Waals surface area contributed by atoms with E-state index in [0.717, 1.165) is 78.6 Å². The van der Waals surface area contributed by atoms with Crippen molar-refractivity contribution in [3.63, 3.8) is 0 Å². The minimum absolute atomic E-state index is 0.311. The van der Waals surface area contributed by atoms with Crippen LogP contribution in [0.4, 0.5) is 0 Å². The lowest BCUT2D eigenvalue weighted by molar-refractivity contribution is 0.473. The summed E-state index contributed by atoms with van der Waals surface area (Å²) in [5, 5.41) is 0. The van der Waals surface area contributed by atoms with E-state index in [4.69, 9.17) is 39.4 Å². The van der Waals surface area contributed by atoms with Crippen molar-refractivity contribution in [1.82, 2.24) is 29.9 Å². The zero-order chi connectivity index (χ0) is 47.5. The second kappa shape index (κ2) is 18.9. The highest BCUT2D eigenvalue weighted by molar-refractivity contribution is 5.69. The highest BCUT2D eigenvalue weighted by atomic mass is 16.5. The fourth-order valence-corrected chi connectivity index (χ4v) is 8.57. The van der Waals surface area contributed by atoms with Gasteiger partial charge in [0.2, 0.25) is 0 Å². The molecule has 69 heavy (non-hydrogen) atoms. The molecule has 0 radical (unpaired) electrons. The lowest BCUT2D eigenvalue weighted by Gasteiger charge is -2.29. The summed E-state index contributed by atoms with van der Waals surface area (Å²) in [7, 11) is 0. The van der Waals surface area contributed by atoms with Crippen molar-refractivity contribution in [3.05, 3.63) is 228 Å². The van der Waals surface area contributed by atoms with E-state index in [1.165, 1.54) is 11.1 Å². The van der Waals surface area contributed by atoms with Crippen molar-refractivity contribution in [2.75, 3.05) is 0 Å². The summed E-state index contributed by atoms with van der Waals surface area (Å²) in [5.41, 5.74) is 11.8. The van der Waals surface area contributed by atoms with E-state index in [1.807, 2.05) is 170 Å². The average molecular weight is 899 g/mol. The maximum atomic E-state index is 6.60. The summed E-state index contributed by atoms with van der Waals surface area (Å²) in [6, 6.07) is 64.9. The summed E-state index contributed by atoms with van der Waals surface area (Å²) in [5.74, 6) is 6.83. The lowest BCUT2D eigenvalue weighted by Crippen LogP contribution is -2.20. The number of hydrogen-bond donors (Lipinski definition) is 0. The van der Waals surface area contributed by atoms with Crippen LogP contribution in [0, 0.1) is 27.7 Å². The Morgan fingerprint density at radius 2 is 0.507 bits per heavy atom. The first-order chi connectivity index (χ1) is 33.6. The van der Waals surface area contributed by atoms with Crippen molar-refractivity contribution >= 4 is 0 Å². The highest BCUT2D eigenvalue weighted by Gasteiger charge is 2.27. The van der Waals surface area contributed by atoms with Gasteiger partial charge in [-0.2, -0.15) is 0 Å². The van der Waals surface area contributed by atoms with E-state index >= 15 is 0 Å². The van der Waals surface area contributed by atoms with Crippen molar-refractivity contribution in [2.45, 2.75) is 47.0 Å². The van der Waals surface area contributed by atoms with Crippen LogP contribution in [0.2, 0.25) is 0 Å². The number of nitrogens with zero attached hydrogens (tertiary/aromatic N) is 6. The molecular weight excluding hydrogens is 849 g/mol. The van der Waals surface area contributed by atoms with Crippen molar-refractivity contribution in [2.24, 2.45) is 0 Å². The molecule has 0 unspecified atom stereocenters. The summed E-state index contributed by atoms with van der Waals surface area (Å²) < 4.78 is 13.2. The molecule has 0 amide bonds. The Balaban J connectivity index is 0.858. The van der Waals surface area contributed by atoms with Crippen LogP contribution >= 0.6 is 0 Å². The molecule has 8 heteroatoms. The van der Waals surface area contributed by atoms with Crippen LogP contribution in [-0.4, -0.2) is 29.9 Å². The minimum Gasteiger partial charge on any atom is -0.457 e. The van der Waals surface area contributed by atoms with E-state index in [9.17, 15) is 0 Å². The number of benzene rings is 8. The molecule has 2 heterocycles. The Morgan fingerprint density at radius 1 is 0.290 bits per heavy atom. The first-order valence-electron chi connectivity index (χ1n) is 23.1. The topological polar surface area (TPSA) is 95.8 Å². The summed E-state index contributed by atoms with van der Waals surface area (Å²) in [6.07, 6.45) is 0. The van der Waals surface area contributed by atoms with E-state index in [-0.39, 0.29) is 5.41 Å². The maximum Gasteiger partial charge on any atom is 0.164 e. The maximum absolute atomic E-state index is 6.60. The number of aromatic nitrogens is 6. The SMILES string of the molecule is Cc1cc(C(C)(C)c2cc(C)c(Oc3ccc(-c4nc(-c5ccccc5)nc(-c5ccccc5)n4)cc3)c(C)c2)cc(C)c1Oc1ccc(-c2nc(-c3ccccc3)nc(-c3ccccc3)n2)cc1. The first-order valence-corrected chi connectivity index (χ1v) is 23.1. The van der Waals surface area contributed by atoms with Crippen molar-refractivity contribution < 1.29 is 9.47 Å². The van der Waals surface area contributed by atoms with Crippen molar-refractivity contribution in [1.29, 1.82) is 0 Å². The third-order valence-corrected chi connectivity index (χ3v) is 12.4. The molecule has 10 rings (SSSR count). The fraction of sp³-hybridized carbons (Fsp3) is 0.115. The van der Waals surface area contributed by atoms with Crippen LogP contribution in [0.3, 0.4) is 0 Å². The Labute approximate surface area is 403 Å². The molecule has 8 aromatic carbocycles. The average Bonchev–Trinajstić information content (AvgIpc) is 3.39. The van der Waals surface area contributed by atoms with Crippen LogP contribution in [0.5, 0.6) is 23.0 Å². The smallest absolute Gasteiger partial charge is 0.164 e. The molecule has 8 nitrogen and oxygen atoms in total. The molecular formula is C61H50N6O2. The Morgan fingerprint density at radius 3 is 0.739 bits per heavy atom. The lowest BCUT2D eigenvalue weighted by atomic mass is 9.76. The number of ether oxygens (including phenoxy) is 2. The fourth-order valence-electron chi connectivity index (χ4n) is 8.57. The number of aryl methyl sites for hydroxylation is 4. The van der Waals surface area contributed by atoms with Gasteiger partial charge in [-0.25, -0.2) is 29.9 Å². The number of rotatable bonds is 12. The molecule has 10 aromatic rings. The summed E-state index contributed by atoms with van der Waals surface area (Å²) in [6.45, 7) is 13.0. The summed E-state index contributed by atoms with van der Waals surface area (Å²) >= 11 is 0. The molecule has 0 bridgehead atoms. The second-order valence-corrected chi connectivity index (χ2v) is 17.8. The second-order valence-electron chi connectivity index (χ2n) is 17.8. The Bertz CT molecular complexity index is 3030. The summed E-state index contributed by atoms with van der Waals surface area (Å²) in [4.78, 5) is 29.2. The van der Waals surface area contributed by atoms with Gasteiger partial charge in [0.25, 0.3) is 0 Å². The molecule has 0 spiro atoms. The zero-order valence-electron chi connectivity index (χ0n) is 39.5. The zero-order valence-corrected chi connectivity index (χ0v) is 39.5. The largest absolute Gasteiger partial charge is 0.457 e. The molecule has 0 saturated carbocycles. The van der Waals surface area contributed by atoms with Gasteiger partial charge in [-0.3, -0.25) is 0 Å². The molecule has 0 fully saturated rings. The molecule has 0 atom stereocenters. The predicted molar refractivity (Wildman–Crippen MR) is 276 cm³/mol. The van der Waals surface area contributed by atoms with E-state index in [1.54, 1.807) is 0 Å². The van der Waals surface area contributed by atoms with Gasteiger partial charge in [0, 0.05) is 38.8 Å². The van der Waals surface area contributed by atoms with Gasteiger partial charge in [0.15, 0.2) is 34.9 Å². The van der Waals surface area contributed by atoms with E-state index < -0.39 is 0 Å². The molecule has 0 aliphatic heterocycles. The van der Waals surface area contributed by atoms with Gasteiger partial charge in [0.05, 0.1) is 0 Å². The van der Waals surface area contributed by atoms with Gasteiger partial charge in [-0.1, -0.05) is 159 Å². The molecule has 0 N–H and O–H groups in total. The standard InChI is InChI=1S/C61H50N6O2/c1-39-35-49(36-40(2)53(39)68-51-31-27-47(28-32-51)59-64-55(43-19-11-7-12-20-43)62-56(65-59)44-21-13-8-14-22-44)61(5,6)50-37-41(3)54(42(4)38-50)69-52-33-29-48(30-34-52)60-66-57(45-23-15-9-16-24-45)63-58(67-60)46-25-17-10-18-26-46/h7-38H,1-6H3. The highest BCUT2D eigenvalue weighted by Crippen LogP contribution is 2.41. The van der Waals surface area contributed by atoms with Gasteiger partial charge in [-0.15, -0.1) is 0 Å². The van der Waals surface area contributed by atoms with Gasteiger partial charge < -0.3 is 9.47 Å². The number of hydrogen-bond acceptors (Lipinski definition) is 8. The molecule has 336 valence electrons. The van der Waals surface area contributed by atoms with E-state index in [2.05, 4.69) is 65.8 Å². The van der Waals surface area contributed by atoms with Crippen LogP contribution in [0.1, 0.15) is 47.2 Å². The predicted octanol–water partition coefficient (Wildman–Crippen LogP) is 15.2. The Kier molecular flexibility index (Phi) is 12.1. The monoisotopic (exact) mass is 898 g/mol. The van der Waals surface area contributed by atoms with Gasteiger partial charge in [-0.05, 0) is 110 Å². The Hall–Kier alpha value is -8.62. The quantitative estimate of drug-likeness (QED) is 0.120. The molecule has 0 aliphatic carbocycles. The minimum atomic E-state index is -0.311. The van der Waals surface area contributed by atoms with E-state index in [0.29, 0.717) is 34.9 Å². The normalized spacial score (nSPS) is 11.3. The van der Waals surface area contributed by atoms with Crippen LogP contribution in [0.15, 0.2) is 194 Å². The molecule has 0 aliphatic rings. The van der Waals surface area contributed by atoms with Gasteiger partial charge in [0.1, 0.15) is 23.0 Å².